The summed E-state index contributed by atoms with van der Waals surface area (Å²) < 4.78 is 37.5. The van der Waals surface area contributed by atoms with Crippen LogP contribution in [0.2, 0.25) is 0 Å². The van der Waals surface area contributed by atoms with Gasteiger partial charge in [0, 0.05) is 11.5 Å². The second kappa shape index (κ2) is 7.34. The van der Waals surface area contributed by atoms with Crippen molar-refractivity contribution in [1.29, 1.82) is 0 Å². The van der Waals surface area contributed by atoms with Crippen molar-refractivity contribution in [3.05, 3.63) is 71.1 Å². The smallest absolute Gasteiger partial charge is 0.287 e. The van der Waals surface area contributed by atoms with Crippen LogP contribution >= 0.6 is 0 Å². The molecule has 1 aliphatic carbocycles. The van der Waals surface area contributed by atoms with Crippen LogP contribution in [0.5, 0.6) is 0 Å². The molecule has 3 aromatic carbocycles. The monoisotopic (exact) mass is 443 g/mol. The predicted molar refractivity (Wildman–Crippen MR) is 126 cm³/mol. The Labute approximate surface area is 190 Å². The SMILES string of the molecule is Cc1c(C)c(F)c2c(oc3cc(F)ccc32)c1-c1c2ccc(C3CCCC3)cc2nc[n+]1C. The first kappa shape index (κ1) is 20.3. The minimum Gasteiger partial charge on any atom is -0.455 e. The molecule has 0 saturated heterocycles. The number of nitrogens with zero attached hydrogens (tertiary/aromatic N) is 2. The van der Waals surface area contributed by atoms with Gasteiger partial charge in [-0.3, -0.25) is 0 Å². The fourth-order valence-electron chi connectivity index (χ4n) is 5.54. The van der Waals surface area contributed by atoms with Crippen molar-refractivity contribution in [3.8, 4) is 11.3 Å². The molecule has 0 atom stereocenters. The fourth-order valence-corrected chi connectivity index (χ4v) is 5.54. The molecule has 5 aromatic rings. The van der Waals surface area contributed by atoms with Gasteiger partial charge in [0.05, 0.1) is 23.4 Å². The first-order chi connectivity index (χ1) is 15.9. The van der Waals surface area contributed by atoms with Gasteiger partial charge in [0.1, 0.15) is 28.5 Å². The van der Waals surface area contributed by atoms with E-state index in [0.29, 0.717) is 33.4 Å². The van der Waals surface area contributed by atoms with Gasteiger partial charge in [0.2, 0.25) is 0 Å². The van der Waals surface area contributed by atoms with Crippen LogP contribution in [0, 0.1) is 25.5 Å². The molecule has 1 saturated carbocycles. The number of hydrogen-bond acceptors (Lipinski definition) is 2. The molecule has 0 unspecified atom stereocenters. The zero-order valence-electron chi connectivity index (χ0n) is 19.0. The molecule has 5 heteroatoms. The van der Waals surface area contributed by atoms with Crippen LogP contribution < -0.4 is 4.57 Å². The molecule has 6 rings (SSSR count). The largest absolute Gasteiger partial charge is 0.455 e. The lowest BCUT2D eigenvalue weighted by atomic mass is 9.92. The first-order valence-corrected chi connectivity index (χ1v) is 11.5. The van der Waals surface area contributed by atoms with Crippen molar-refractivity contribution in [3.63, 3.8) is 0 Å². The maximum absolute atomic E-state index is 15.5. The number of benzene rings is 3. The van der Waals surface area contributed by atoms with Crippen molar-refractivity contribution in [1.82, 2.24) is 4.98 Å². The van der Waals surface area contributed by atoms with Gasteiger partial charge in [0.15, 0.2) is 5.52 Å². The summed E-state index contributed by atoms with van der Waals surface area (Å²) in [6, 6.07) is 10.8. The maximum Gasteiger partial charge on any atom is 0.287 e. The van der Waals surface area contributed by atoms with Crippen LogP contribution in [0.15, 0.2) is 47.1 Å². The summed E-state index contributed by atoms with van der Waals surface area (Å²) in [5, 5.41) is 1.97. The second-order valence-corrected chi connectivity index (χ2v) is 9.35. The number of hydrogen-bond donors (Lipinski definition) is 0. The molecule has 0 amide bonds. The Bertz CT molecular complexity index is 1580. The Kier molecular flexibility index (Phi) is 4.51. The molecule has 33 heavy (non-hydrogen) atoms. The van der Waals surface area contributed by atoms with Crippen LogP contribution in [0.1, 0.15) is 48.3 Å². The van der Waals surface area contributed by atoms with E-state index in [-0.39, 0.29) is 5.82 Å². The third-order valence-corrected chi connectivity index (χ3v) is 7.43. The normalized spacial score (nSPS) is 14.8. The number of rotatable bonds is 2. The third-order valence-electron chi connectivity index (χ3n) is 7.43. The second-order valence-electron chi connectivity index (χ2n) is 9.35. The summed E-state index contributed by atoms with van der Waals surface area (Å²) in [4.78, 5) is 4.71. The minimum atomic E-state index is -0.406. The summed E-state index contributed by atoms with van der Waals surface area (Å²) in [5.41, 5.74) is 6.17. The number of aryl methyl sites for hydroxylation is 1. The van der Waals surface area contributed by atoms with Gasteiger partial charge < -0.3 is 4.42 Å². The average molecular weight is 444 g/mol. The Balaban J connectivity index is 1.70. The molecule has 0 aliphatic heterocycles. The van der Waals surface area contributed by atoms with E-state index >= 15 is 4.39 Å². The number of aromatic nitrogens is 2. The lowest BCUT2D eigenvalue weighted by Crippen LogP contribution is -2.32. The van der Waals surface area contributed by atoms with E-state index < -0.39 is 5.82 Å². The molecule has 2 aromatic heterocycles. The molecule has 1 aliphatic rings. The molecule has 1 fully saturated rings. The maximum atomic E-state index is 15.5. The van der Waals surface area contributed by atoms with E-state index in [1.165, 1.54) is 43.4 Å². The highest BCUT2D eigenvalue weighted by Gasteiger charge is 2.27. The summed E-state index contributed by atoms with van der Waals surface area (Å²) in [5.74, 6) is -0.127. The van der Waals surface area contributed by atoms with Gasteiger partial charge in [-0.25, -0.2) is 13.3 Å². The van der Waals surface area contributed by atoms with E-state index in [0.717, 1.165) is 27.7 Å². The molecule has 2 heterocycles. The number of halogens is 2. The van der Waals surface area contributed by atoms with E-state index in [4.69, 9.17) is 9.40 Å². The van der Waals surface area contributed by atoms with Crippen LogP contribution in [0.3, 0.4) is 0 Å². The third kappa shape index (κ3) is 2.98. The molecule has 3 nitrogen and oxygen atoms in total. The van der Waals surface area contributed by atoms with Crippen LogP contribution in [0.25, 0.3) is 44.1 Å². The number of furan rings is 1. The highest BCUT2D eigenvalue weighted by atomic mass is 19.1. The molecular weight excluding hydrogens is 418 g/mol. The van der Waals surface area contributed by atoms with E-state index in [1.54, 1.807) is 13.0 Å². The average Bonchev–Trinajstić information content (AvgIpc) is 3.47. The molecule has 0 bridgehead atoms. The Hall–Kier alpha value is -3.34. The highest BCUT2D eigenvalue weighted by Crippen LogP contribution is 2.42. The summed E-state index contributed by atoms with van der Waals surface area (Å²) >= 11 is 0. The highest BCUT2D eigenvalue weighted by molar-refractivity contribution is 6.12. The van der Waals surface area contributed by atoms with E-state index in [1.807, 2.05) is 24.9 Å². The topological polar surface area (TPSA) is 29.9 Å². The van der Waals surface area contributed by atoms with E-state index in [2.05, 4.69) is 18.2 Å². The summed E-state index contributed by atoms with van der Waals surface area (Å²) in [7, 11) is 1.94. The molecule has 0 radical (unpaired) electrons. The molecular formula is C28H25F2N2O+. The zero-order valence-corrected chi connectivity index (χ0v) is 19.0. The summed E-state index contributed by atoms with van der Waals surface area (Å²) in [6.07, 6.45) is 6.83. The standard InChI is InChI=1S/C28H25F2N2O/c1-15-16(2)26(30)25-21-11-9-19(29)13-23(21)33-28(25)24(15)27-20-10-8-18(17-6-4-5-7-17)12-22(20)31-14-32(27)3/h8-14,17H,4-7H2,1-3H3/q+1. The Morgan fingerprint density at radius 2 is 1.73 bits per heavy atom. The van der Waals surface area contributed by atoms with E-state index in [9.17, 15) is 4.39 Å². The molecule has 166 valence electrons. The van der Waals surface area contributed by atoms with Crippen molar-refractivity contribution >= 4 is 32.8 Å². The van der Waals surface area contributed by atoms with Crippen LogP contribution in [0.4, 0.5) is 8.78 Å². The minimum absolute atomic E-state index is 0.318. The van der Waals surface area contributed by atoms with Gasteiger partial charge in [0.25, 0.3) is 6.33 Å². The van der Waals surface area contributed by atoms with Gasteiger partial charge in [-0.05, 0) is 78.5 Å². The lowest BCUT2D eigenvalue weighted by molar-refractivity contribution is -0.662. The quantitative estimate of drug-likeness (QED) is 0.271. The van der Waals surface area contributed by atoms with Gasteiger partial charge in [-0.1, -0.05) is 18.9 Å². The molecule has 0 N–H and O–H groups in total. The first-order valence-electron chi connectivity index (χ1n) is 11.5. The van der Waals surface area contributed by atoms with Crippen LogP contribution in [-0.4, -0.2) is 4.98 Å². The van der Waals surface area contributed by atoms with Gasteiger partial charge in [-0.15, -0.1) is 0 Å². The molecule has 0 spiro atoms. The van der Waals surface area contributed by atoms with Crippen molar-refractivity contribution in [2.24, 2.45) is 7.05 Å². The lowest BCUT2D eigenvalue weighted by Gasteiger charge is -2.14. The van der Waals surface area contributed by atoms with Crippen molar-refractivity contribution in [2.45, 2.75) is 45.4 Å². The number of fused-ring (bicyclic) bond motifs is 4. The fraction of sp³-hybridized carbons (Fsp3) is 0.286. The predicted octanol–water partition coefficient (Wildman–Crippen LogP) is 7.18. The van der Waals surface area contributed by atoms with Crippen molar-refractivity contribution in [2.75, 3.05) is 0 Å². The summed E-state index contributed by atoms with van der Waals surface area (Å²) in [6.45, 7) is 3.71. The van der Waals surface area contributed by atoms with Gasteiger partial charge in [-0.2, -0.15) is 0 Å². The zero-order chi connectivity index (χ0) is 22.9. The van der Waals surface area contributed by atoms with Crippen molar-refractivity contribution < 1.29 is 17.8 Å². The van der Waals surface area contributed by atoms with Gasteiger partial charge >= 0.3 is 0 Å². The van der Waals surface area contributed by atoms with Crippen LogP contribution in [-0.2, 0) is 7.05 Å². The Morgan fingerprint density at radius 3 is 2.52 bits per heavy atom. The Morgan fingerprint density at radius 1 is 0.970 bits per heavy atom.